The molecule has 0 saturated heterocycles. The van der Waals surface area contributed by atoms with E-state index >= 15 is 0 Å². The molecular formula is C14H18N4O3. The van der Waals surface area contributed by atoms with Gasteiger partial charge < -0.3 is 10.5 Å². The Balaban J connectivity index is 1.81. The first kappa shape index (κ1) is 15.1. The number of ether oxygens (including phenoxy) is 1. The molecule has 2 atom stereocenters. The first-order valence-corrected chi connectivity index (χ1v) is 6.60. The Bertz CT molecular complexity index is 532. The van der Waals surface area contributed by atoms with Gasteiger partial charge in [-0.15, -0.1) is 0 Å². The average Bonchev–Trinajstić information content (AvgIpc) is 2.94. The van der Waals surface area contributed by atoms with Crippen molar-refractivity contribution in [3.63, 3.8) is 0 Å². The number of carbonyl (C=O) groups excluding carboxylic acids is 2. The highest BCUT2D eigenvalue weighted by atomic mass is 16.5. The van der Waals surface area contributed by atoms with Crippen molar-refractivity contribution >= 4 is 18.0 Å². The van der Waals surface area contributed by atoms with E-state index in [0.29, 0.717) is 6.61 Å². The highest BCUT2D eigenvalue weighted by Gasteiger charge is 2.28. The van der Waals surface area contributed by atoms with Crippen molar-refractivity contribution in [2.45, 2.75) is 25.7 Å². The van der Waals surface area contributed by atoms with Gasteiger partial charge in [0.1, 0.15) is 18.8 Å². The Morgan fingerprint density at radius 3 is 2.86 bits per heavy atom. The summed E-state index contributed by atoms with van der Waals surface area (Å²) in [4.78, 5) is 27.1. The monoisotopic (exact) mass is 290 g/mol. The normalized spacial score (nSPS) is 19.4. The van der Waals surface area contributed by atoms with Crippen molar-refractivity contribution in [2.24, 2.45) is 10.7 Å². The lowest BCUT2D eigenvalue weighted by atomic mass is 10.2. The smallest absolute Gasteiger partial charge is 0.263 e. The van der Waals surface area contributed by atoms with E-state index in [9.17, 15) is 9.59 Å². The number of nitrogens with one attached hydrogen (secondary N) is 1. The topological polar surface area (TPSA) is 97.0 Å². The van der Waals surface area contributed by atoms with E-state index in [0.717, 1.165) is 5.56 Å². The molecule has 7 nitrogen and oxygen atoms in total. The molecule has 0 fully saturated rings. The van der Waals surface area contributed by atoms with Gasteiger partial charge in [-0.25, -0.2) is 0 Å². The van der Waals surface area contributed by atoms with Gasteiger partial charge in [0.15, 0.2) is 0 Å². The molecule has 1 aromatic rings. The van der Waals surface area contributed by atoms with Crippen LogP contribution in [0.5, 0.6) is 0 Å². The maximum atomic E-state index is 12.0. The number of primary amides is 1. The van der Waals surface area contributed by atoms with E-state index in [1.54, 1.807) is 6.92 Å². The predicted octanol–water partition coefficient (Wildman–Crippen LogP) is -0.179. The largest absolute Gasteiger partial charge is 0.368 e. The summed E-state index contributed by atoms with van der Waals surface area (Å²) in [5.41, 5.74) is 8.79. The zero-order valence-electron chi connectivity index (χ0n) is 11.7. The number of hydrogen-bond acceptors (Lipinski definition) is 5. The molecule has 0 bridgehead atoms. The quantitative estimate of drug-likeness (QED) is 0.759. The molecule has 1 heterocycles. The summed E-state index contributed by atoms with van der Waals surface area (Å²) in [6, 6.07) is 8.85. The van der Waals surface area contributed by atoms with Crippen LogP contribution in [0.2, 0.25) is 0 Å². The molecular weight excluding hydrogens is 272 g/mol. The number of amides is 2. The first-order valence-electron chi connectivity index (χ1n) is 6.60. The summed E-state index contributed by atoms with van der Waals surface area (Å²) < 4.78 is 5.50. The molecule has 0 aromatic heterocycles. The highest BCUT2D eigenvalue weighted by Crippen LogP contribution is 2.05. The lowest BCUT2D eigenvalue weighted by Crippen LogP contribution is -2.53. The Labute approximate surface area is 122 Å². The fourth-order valence-corrected chi connectivity index (χ4v) is 1.84. The summed E-state index contributed by atoms with van der Waals surface area (Å²) in [6.07, 6.45) is 0.761. The number of aliphatic imine (C=N–C) groups is 1. The average molecular weight is 290 g/mol. The van der Waals surface area contributed by atoms with Gasteiger partial charge in [0, 0.05) is 6.21 Å². The van der Waals surface area contributed by atoms with Crippen LogP contribution in [0.3, 0.4) is 0 Å². The van der Waals surface area contributed by atoms with Gasteiger partial charge in [0.2, 0.25) is 5.91 Å². The molecule has 2 rings (SSSR count). The van der Waals surface area contributed by atoms with E-state index in [2.05, 4.69) is 10.4 Å². The van der Waals surface area contributed by atoms with Crippen LogP contribution in [0.1, 0.15) is 12.5 Å². The zero-order chi connectivity index (χ0) is 15.2. The molecule has 112 valence electrons. The molecule has 21 heavy (non-hydrogen) atoms. The van der Waals surface area contributed by atoms with Gasteiger partial charge in [-0.2, -0.15) is 5.01 Å². The van der Waals surface area contributed by atoms with E-state index in [-0.39, 0.29) is 12.6 Å². The number of hydrogen-bond donors (Lipinski definition) is 2. The molecule has 1 aliphatic heterocycles. The van der Waals surface area contributed by atoms with Gasteiger partial charge >= 0.3 is 0 Å². The minimum Gasteiger partial charge on any atom is -0.368 e. The minimum atomic E-state index is -0.713. The van der Waals surface area contributed by atoms with E-state index in [1.807, 2.05) is 30.3 Å². The minimum absolute atomic E-state index is 0.199. The van der Waals surface area contributed by atoms with Gasteiger partial charge in [0.05, 0.1) is 6.61 Å². The predicted molar refractivity (Wildman–Crippen MR) is 77.0 cm³/mol. The molecule has 1 aliphatic rings. The standard InChI is InChI=1S/C14H18N4O3/c1-10(21-8-11-5-3-2-4-6-11)14(20)17-18-9-16-7-12(18)13(15)19/h2-7,10,12H,8-9H2,1H3,(H2,15,19)(H,17,20). The first-order chi connectivity index (χ1) is 10.1. The molecule has 0 spiro atoms. The number of nitrogens with two attached hydrogens (primary N) is 1. The number of benzene rings is 1. The summed E-state index contributed by atoms with van der Waals surface area (Å²) in [5.74, 6) is -0.905. The SMILES string of the molecule is CC(OCc1ccccc1)C(=O)NN1CN=CC1C(N)=O. The number of nitrogens with zero attached hydrogens (tertiary/aromatic N) is 2. The summed E-state index contributed by atoms with van der Waals surface area (Å²) in [7, 11) is 0. The van der Waals surface area contributed by atoms with Crippen LogP contribution < -0.4 is 11.2 Å². The summed E-state index contributed by atoms with van der Waals surface area (Å²) in [5, 5.41) is 1.38. The second-order valence-electron chi connectivity index (χ2n) is 4.70. The summed E-state index contributed by atoms with van der Waals surface area (Å²) in [6.45, 7) is 2.18. The number of rotatable bonds is 6. The van der Waals surface area contributed by atoms with Crippen LogP contribution in [0.25, 0.3) is 0 Å². The van der Waals surface area contributed by atoms with Gasteiger partial charge in [-0.3, -0.25) is 20.0 Å². The Kier molecular flexibility index (Phi) is 5.02. The summed E-state index contributed by atoms with van der Waals surface area (Å²) >= 11 is 0. The van der Waals surface area contributed by atoms with Crippen molar-refractivity contribution in [2.75, 3.05) is 6.67 Å². The van der Waals surface area contributed by atoms with Crippen molar-refractivity contribution in [3.8, 4) is 0 Å². The second-order valence-corrected chi connectivity index (χ2v) is 4.70. The lowest BCUT2D eigenvalue weighted by Gasteiger charge is -2.23. The molecule has 2 amide bonds. The molecule has 7 heteroatoms. The van der Waals surface area contributed by atoms with Crippen molar-refractivity contribution < 1.29 is 14.3 Å². The maximum absolute atomic E-state index is 12.0. The van der Waals surface area contributed by atoms with Crippen LogP contribution in [-0.4, -0.2) is 41.9 Å². The highest BCUT2D eigenvalue weighted by molar-refractivity contribution is 5.97. The van der Waals surface area contributed by atoms with Gasteiger partial charge in [0.25, 0.3) is 5.91 Å². The third kappa shape index (κ3) is 4.11. The molecule has 0 aliphatic carbocycles. The van der Waals surface area contributed by atoms with E-state index in [1.165, 1.54) is 11.2 Å². The van der Waals surface area contributed by atoms with Crippen LogP contribution in [0.4, 0.5) is 0 Å². The Morgan fingerprint density at radius 1 is 1.48 bits per heavy atom. The van der Waals surface area contributed by atoms with E-state index < -0.39 is 18.1 Å². The Hall–Kier alpha value is -2.25. The Morgan fingerprint density at radius 2 is 2.19 bits per heavy atom. The number of hydrazine groups is 1. The lowest BCUT2D eigenvalue weighted by molar-refractivity contribution is -0.138. The van der Waals surface area contributed by atoms with Crippen molar-refractivity contribution in [1.82, 2.24) is 10.4 Å². The van der Waals surface area contributed by atoms with Crippen LogP contribution in [-0.2, 0) is 20.9 Å². The van der Waals surface area contributed by atoms with Crippen LogP contribution in [0, 0.1) is 0 Å². The van der Waals surface area contributed by atoms with Crippen LogP contribution in [0.15, 0.2) is 35.3 Å². The molecule has 0 saturated carbocycles. The van der Waals surface area contributed by atoms with Crippen LogP contribution >= 0.6 is 0 Å². The molecule has 3 N–H and O–H groups in total. The van der Waals surface area contributed by atoms with Gasteiger partial charge in [-0.1, -0.05) is 30.3 Å². The number of carbonyl (C=O) groups is 2. The van der Waals surface area contributed by atoms with Crippen molar-refractivity contribution in [1.29, 1.82) is 0 Å². The van der Waals surface area contributed by atoms with E-state index in [4.69, 9.17) is 10.5 Å². The van der Waals surface area contributed by atoms with Crippen molar-refractivity contribution in [3.05, 3.63) is 35.9 Å². The third-order valence-electron chi connectivity index (χ3n) is 3.07. The molecule has 1 aromatic carbocycles. The third-order valence-corrected chi connectivity index (χ3v) is 3.07. The zero-order valence-corrected chi connectivity index (χ0v) is 11.7. The molecule has 2 unspecified atom stereocenters. The second kappa shape index (κ2) is 6.96. The maximum Gasteiger partial charge on any atom is 0.263 e. The van der Waals surface area contributed by atoms with Gasteiger partial charge in [-0.05, 0) is 12.5 Å². The molecule has 0 radical (unpaired) electrons. The fraction of sp³-hybridized carbons (Fsp3) is 0.357. The fourth-order valence-electron chi connectivity index (χ4n) is 1.84.